The molecule has 2 aliphatic carbocycles. The fraction of sp³-hybridized carbons (Fsp3) is 0.714. The van der Waals surface area contributed by atoms with E-state index in [1.807, 2.05) is 52.6 Å². The first-order valence-corrected chi connectivity index (χ1v) is 18.3. The number of allylic oxidation sites excluding steroid dienone is 4. The van der Waals surface area contributed by atoms with Crippen molar-refractivity contribution in [2.45, 2.75) is 112 Å². The monoisotopic (exact) mass is 669 g/mol. The number of hydrogen-bond donors (Lipinski definition) is 3. The molecule has 0 aromatic rings. The van der Waals surface area contributed by atoms with Crippen molar-refractivity contribution in [3.8, 4) is 0 Å². The van der Waals surface area contributed by atoms with Crippen LogP contribution in [0.4, 0.5) is 0 Å². The quantitative estimate of drug-likeness (QED) is 0.123. The van der Waals surface area contributed by atoms with Crippen LogP contribution in [0.1, 0.15) is 106 Å². The van der Waals surface area contributed by atoms with Crippen molar-refractivity contribution in [2.24, 2.45) is 16.6 Å². The van der Waals surface area contributed by atoms with E-state index in [0.29, 0.717) is 24.3 Å². The van der Waals surface area contributed by atoms with Gasteiger partial charge in [-0.3, -0.25) is 24.3 Å². The highest BCUT2D eigenvalue weighted by molar-refractivity contribution is 7.99. The molecule has 0 spiro atoms. The summed E-state index contributed by atoms with van der Waals surface area (Å²) < 4.78 is 0. The molecule has 4 N–H and O–H groups in total. The Hall–Kier alpha value is -1.94. The molecule has 10 heteroatoms. The number of amides is 2. The molecule has 2 fully saturated rings. The van der Waals surface area contributed by atoms with E-state index >= 15 is 0 Å². The normalized spacial score (nSPS) is 17.6. The molecule has 1 saturated carbocycles. The summed E-state index contributed by atoms with van der Waals surface area (Å²) in [4.78, 5) is 38.3. The van der Waals surface area contributed by atoms with Crippen molar-refractivity contribution in [1.82, 2.24) is 15.5 Å². The Morgan fingerprint density at radius 2 is 1.73 bits per heavy atom. The Kier molecular flexibility index (Phi) is 30.8. The SMILES string of the molecule is C=C(C=O)CN1CCSCC1.CC.CCC.CNCC(NC(=O)CCC(C)=NC1=C(C)C=C(Cl)CC1)C1CCCCC1.NC=O. The van der Waals surface area contributed by atoms with Gasteiger partial charge >= 0.3 is 0 Å². The molecule has 1 aliphatic heterocycles. The van der Waals surface area contributed by atoms with Gasteiger partial charge in [0.05, 0.1) is 0 Å². The predicted molar refractivity (Wildman–Crippen MR) is 197 cm³/mol. The number of hydrogen-bond acceptors (Lipinski definition) is 7. The van der Waals surface area contributed by atoms with Gasteiger partial charge in [-0.15, -0.1) is 0 Å². The topological polar surface area (TPSA) is 117 Å². The third-order valence-electron chi connectivity index (χ3n) is 7.15. The van der Waals surface area contributed by atoms with Gasteiger partial charge in [-0.1, -0.05) is 71.6 Å². The summed E-state index contributed by atoms with van der Waals surface area (Å²) in [5.74, 6) is 3.13. The van der Waals surface area contributed by atoms with Gasteiger partial charge in [-0.25, -0.2) is 0 Å². The van der Waals surface area contributed by atoms with Crippen molar-refractivity contribution in [3.05, 3.63) is 34.5 Å². The van der Waals surface area contributed by atoms with Crippen LogP contribution >= 0.6 is 23.4 Å². The number of rotatable bonds is 11. The minimum atomic E-state index is 0.141. The minimum Gasteiger partial charge on any atom is -0.372 e. The van der Waals surface area contributed by atoms with Crippen LogP contribution in [0.2, 0.25) is 0 Å². The number of nitrogens with two attached hydrogens (primary N) is 1. The number of thioether (sulfide) groups is 1. The smallest absolute Gasteiger partial charge is 0.220 e. The maximum absolute atomic E-state index is 12.4. The van der Waals surface area contributed by atoms with E-state index in [2.05, 4.69) is 41.7 Å². The summed E-state index contributed by atoms with van der Waals surface area (Å²) in [7, 11) is 1.96. The van der Waals surface area contributed by atoms with E-state index < -0.39 is 0 Å². The standard InChI is InChI=1S/C21H34ClN3O.C8H13NOS.C3H8.C2H6.CH3NO/c1-15-13-18(22)10-11-19(15)24-16(2)9-12-21(26)25-20(14-23-3)17-7-5-4-6-8-17;1-8(7-10)6-9-2-4-11-5-3-9;1-3-2;1-2;2-1-3/h13,17,20,23H,4-12,14H2,1-3H3,(H,25,26);7H,1-6H2;3H2,1-2H3;1-2H3;1H,(H2,2,3). The second kappa shape index (κ2) is 30.7. The lowest BCUT2D eigenvalue weighted by atomic mass is 9.83. The minimum absolute atomic E-state index is 0.141. The molecule has 0 aromatic heterocycles. The van der Waals surface area contributed by atoms with Crippen molar-refractivity contribution in [3.63, 3.8) is 0 Å². The van der Waals surface area contributed by atoms with Gasteiger partial charge in [-0.2, -0.15) is 11.8 Å². The number of aliphatic imine (C=N–C) groups is 1. The molecule has 0 aromatic carbocycles. The summed E-state index contributed by atoms with van der Waals surface area (Å²) in [6.45, 7) is 19.8. The predicted octanol–water partition coefficient (Wildman–Crippen LogP) is 7.04. The van der Waals surface area contributed by atoms with E-state index in [9.17, 15) is 9.59 Å². The number of carbonyl (C=O) groups excluding carboxylic acids is 3. The van der Waals surface area contributed by atoms with Gasteiger partial charge in [0.25, 0.3) is 0 Å². The number of primary amides is 1. The zero-order chi connectivity index (χ0) is 34.5. The van der Waals surface area contributed by atoms with Crippen molar-refractivity contribution >= 4 is 47.7 Å². The Bertz CT molecular complexity index is 911. The van der Waals surface area contributed by atoms with Crippen molar-refractivity contribution in [1.29, 1.82) is 0 Å². The van der Waals surface area contributed by atoms with E-state index in [-0.39, 0.29) is 18.4 Å². The first-order valence-electron chi connectivity index (χ1n) is 16.8. The first-order chi connectivity index (χ1) is 21.6. The fourth-order valence-corrected chi connectivity index (χ4v) is 6.24. The highest BCUT2D eigenvalue weighted by Gasteiger charge is 2.24. The summed E-state index contributed by atoms with van der Waals surface area (Å²) in [5.41, 5.74) is 8.11. The van der Waals surface area contributed by atoms with Crippen LogP contribution < -0.4 is 16.4 Å². The van der Waals surface area contributed by atoms with Crippen LogP contribution in [0.25, 0.3) is 0 Å². The van der Waals surface area contributed by atoms with E-state index in [0.717, 1.165) is 67.3 Å². The van der Waals surface area contributed by atoms with Crippen LogP contribution in [-0.2, 0) is 14.4 Å². The van der Waals surface area contributed by atoms with E-state index in [4.69, 9.17) is 21.4 Å². The number of nitrogens with one attached hydrogen (secondary N) is 2. The average molecular weight is 670 g/mol. The zero-order valence-electron chi connectivity index (χ0n) is 29.4. The summed E-state index contributed by atoms with van der Waals surface area (Å²) in [6.07, 6.45) is 13.7. The largest absolute Gasteiger partial charge is 0.372 e. The molecular weight excluding hydrogens is 606 g/mol. The van der Waals surface area contributed by atoms with Crippen LogP contribution in [0.15, 0.2) is 39.5 Å². The lowest BCUT2D eigenvalue weighted by Gasteiger charge is -2.31. The van der Waals surface area contributed by atoms with Crippen molar-refractivity contribution in [2.75, 3.05) is 44.7 Å². The van der Waals surface area contributed by atoms with Gasteiger partial charge in [0.1, 0.15) is 6.29 Å². The second-order valence-electron chi connectivity index (χ2n) is 11.2. The Morgan fingerprint density at radius 1 is 1.16 bits per heavy atom. The molecule has 1 unspecified atom stereocenters. The van der Waals surface area contributed by atoms with Gasteiger partial charge in [-0.05, 0) is 76.1 Å². The van der Waals surface area contributed by atoms with Gasteiger partial charge < -0.3 is 16.4 Å². The molecule has 8 nitrogen and oxygen atoms in total. The molecular formula is C35H64ClN5O3S. The Morgan fingerprint density at radius 3 is 2.24 bits per heavy atom. The highest BCUT2D eigenvalue weighted by Crippen LogP contribution is 2.28. The molecule has 0 bridgehead atoms. The molecule has 0 radical (unpaired) electrons. The molecule has 3 aliphatic rings. The molecule has 1 saturated heterocycles. The number of halogens is 1. The zero-order valence-corrected chi connectivity index (χ0v) is 31.0. The Balaban J connectivity index is 0. The average Bonchev–Trinajstić information content (AvgIpc) is 3.04. The third kappa shape index (κ3) is 24.0. The molecule has 45 heavy (non-hydrogen) atoms. The lowest BCUT2D eigenvalue weighted by molar-refractivity contribution is -0.122. The summed E-state index contributed by atoms with van der Waals surface area (Å²) in [6, 6.07) is 0.251. The highest BCUT2D eigenvalue weighted by atomic mass is 35.5. The maximum atomic E-state index is 12.4. The molecule has 1 heterocycles. The molecule has 3 rings (SSSR count). The van der Waals surface area contributed by atoms with E-state index in [1.54, 1.807) is 0 Å². The molecule has 1 atom stereocenters. The van der Waals surface area contributed by atoms with Crippen LogP contribution in [0, 0.1) is 5.92 Å². The third-order valence-corrected chi connectivity index (χ3v) is 8.40. The fourth-order valence-electron chi connectivity index (χ4n) is 5.00. The Labute approximate surface area is 284 Å². The van der Waals surface area contributed by atoms with Gasteiger partial charge in [0.2, 0.25) is 12.3 Å². The summed E-state index contributed by atoms with van der Waals surface area (Å²) >= 11 is 8.05. The van der Waals surface area contributed by atoms with Crippen LogP contribution in [0.3, 0.4) is 0 Å². The van der Waals surface area contributed by atoms with E-state index in [1.165, 1.54) is 50.0 Å². The first kappa shape index (κ1) is 45.2. The number of nitrogens with zero attached hydrogens (tertiary/aromatic N) is 2. The number of likely N-dealkylation sites (N-methyl/N-ethyl adjacent to an activating group) is 1. The summed E-state index contributed by atoms with van der Waals surface area (Å²) in [5, 5.41) is 7.40. The molecule has 260 valence electrons. The van der Waals surface area contributed by atoms with Crippen LogP contribution in [0.5, 0.6) is 0 Å². The van der Waals surface area contributed by atoms with Crippen molar-refractivity contribution < 1.29 is 14.4 Å². The molecule has 2 amide bonds. The van der Waals surface area contributed by atoms with Gasteiger partial charge in [0.15, 0.2) is 0 Å². The maximum Gasteiger partial charge on any atom is 0.220 e. The lowest BCUT2D eigenvalue weighted by Crippen LogP contribution is -2.46. The number of aldehydes is 1. The van der Waals surface area contributed by atoms with Gasteiger partial charge in [0, 0.05) is 66.6 Å². The van der Waals surface area contributed by atoms with Crippen LogP contribution in [-0.4, -0.2) is 80.0 Å². The second-order valence-corrected chi connectivity index (χ2v) is 12.9. The number of carbonyl (C=O) groups is 3.